The molecule has 4 aromatic carbocycles. The van der Waals surface area contributed by atoms with E-state index in [0.717, 1.165) is 27.8 Å². The number of carbonyl (C=O) groups is 1. The quantitative estimate of drug-likeness (QED) is 0.174. The molecule has 1 aromatic heterocycles. The maximum atomic E-state index is 12.3. The van der Waals surface area contributed by atoms with Gasteiger partial charge in [-0.25, -0.2) is 4.63 Å². The summed E-state index contributed by atoms with van der Waals surface area (Å²) < 4.78 is 22.8. The van der Waals surface area contributed by atoms with Gasteiger partial charge in [-0.3, -0.25) is 10.1 Å². The van der Waals surface area contributed by atoms with Gasteiger partial charge in [0, 0.05) is 18.2 Å². The van der Waals surface area contributed by atoms with Crippen molar-refractivity contribution < 1.29 is 28.7 Å². The monoisotopic (exact) mass is 592 g/mol. The Balaban J connectivity index is 1.46. The van der Waals surface area contributed by atoms with Crippen LogP contribution in [-0.2, 0) is 29.3 Å². The van der Waals surface area contributed by atoms with Crippen LogP contribution in [-0.4, -0.2) is 40.6 Å². The maximum Gasteiger partial charge on any atom is 0.325 e. The molecule has 5 aromatic rings. The summed E-state index contributed by atoms with van der Waals surface area (Å²) in [5.41, 5.74) is 6.94. The van der Waals surface area contributed by atoms with Crippen molar-refractivity contribution in [1.82, 2.24) is 15.6 Å². The lowest BCUT2D eigenvalue weighted by Gasteiger charge is -2.18. The van der Waals surface area contributed by atoms with Crippen LogP contribution in [0, 0.1) is 18.3 Å². The van der Waals surface area contributed by atoms with E-state index >= 15 is 0 Å². The number of esters is 1. The topological polar surface area (TPSA) is 140 Å². The van der Waals surface area contributed by atoms with Crippen LogP contribution < -0.4 is 14.8 Å². The molecule has 0 aliphatic heterocycles. The summed E-state index contributed by atoms with van der Waals surface area (Å²) in [5.74, 6) is 0.237. The zero-order valence-corrected chi connectivity index (χ0v) is 24.4. The van der Waals surface area contributed by atoms with Crippen molar-refractivity contribution in [3.8, 4) is 28.7 Å². The molecule has 0 aliphatic rings. The first-order valence-corrected chi connectivity index (χ1v) is 14.2. The van der Waals surface area contributed by atoms with Crippen LogP contribution in [0.15, 0.2) is 83.5 Å². The molecule has 1 heterocycles. The Bertz CT molecular complexity index is 1780. The second-order valence-corrected chi connectivity index (χ2v) is 10.0. The smallest absolute Gasteiger partial charge is 0.325 e. The van der Waals surface area contributed by atoms with Crippen LogP contribution in [0.1, 0.15) is 34.7 Å². The van der Waals surface area contributed by atoms with E-state index in [2.05, 4.69) is 46.8 Å². The van der Waals surface area contributed by atoms with Gasteiger partial charge in [0.2, 0.25) is 0 Å². The number of nitriles is 1. The second kappa shape index (κ2) is 14.3. The van der Waals surface area contributed by atoms with E-state index in [-0.39, 0.29) is 26.4 Å². The van der Waals surface area contributed by atoms with E-state index in [0.29, 0.717) is 33.7 Å². The fourth-order valence-corrected chi connectivity index (χ4v) is 4.86. The first kappa shape index (κ1) is 30.2. The highest BCUT2D eigenvalue weighted by Gasteiger charge is 2.23. The Morgan fingerprint density at radius 3 is 2.52 bits per heavy atom. The summed E-state index contributed by atoms with van der Waals surface area (Å²) in [6.07, 6.45) is 0. The molecule has 44 heavy (non-hydrogen) atoms. The van der Waals surface area contributed by atoms with Gasteiger partial charge in [0.1, 0.15) is 30.5 Å². The average molecular weight is 593 g/mol. The number of nitrogens with zero attached hydrogens (tertiary/aromatic N) is 3. The third-order valence-electron chi connectivity index (χ3n) is 7.21. The van der Waals surface area contributed by atoms with Crippen LogP contribution in [0.4, 0.5) is 0 Å². The summed E-state index contributed by atoms with van der Waals surface area (Å²) in [5, 5.41) is 30.3. The zero-order chi connectivity index (χ0) is 30.9. The third-order valence-corrected chi connectivity index (χ3v) is 7.21. The Labute approximate surface area is 254 Å². The van der Waals surface area contributed by atoms with Crippen molar-refractivity contribution in [2.45, 2.75) is 39.6 Å². The minimum Gasteiger partial charge on any atom is -0.488 e. The molecular weight excluding hydrogens is 560 g/mol. The van der Waals surface area contributed by atoms with E-state index in [9.17, 15) is 15.2 Å². The normalized spacial score (nSPS) is 11.6. The number of aliphatic hydroxyl groups excluding tert-OH is 1. The molecule has 1 atom stereocenters. The largest absolute Gasteiger partial charge is 0.488 e. The lowest BCUT2D eigenvalue weighted by atomic mass is 9.97. The van der Waals surface area contributed by atoms with Crippen molar-refractivity contribution in [3.05, 3.63) is 107 Å². The van der Waals surface area contributed by atoms with Crippen molar-refractivity contribution >= 4 is 17.0 Å². The zero-order valence-electron chi connectivity index (χ0n) is 24.4. The minimum absolute atomic E-state index is 0.0842. The van der Waals surface area contributed by atoms with Gasteiger partial charge >= 0.3 is 5.97 Å². The van der Waals surface area contributed by atoms with Gasteiger partial charge in [0.15, 0.2) is 11.3 Å². The molecule has 10 heteroatoms. The minimum atomic E-state index is -0.958. The van der Waals surface area contributed by atoms with Gasteiger partial charge in [0.05, 0.1) is 24.8 Å². The first-order valence-electron chi connectivity index (χ1n) is 14.2. The molecule has 0 aliphatic carbocycles. The molecule has 224 valence electrons. The fraction of sp³-hybridized carbons (Fsp3) is 0.235. The maximum absolute atomic E-state index is 12.3. The second-order valence-electron chi connectivity index (χ2n) is 10.0. The van der Waals surface area contributed by atoms with Gasteiger partial charge in [-0.15, -0.1) is 0 Å². The Kier molecular flexibility index (Phi) is 9.81. The van der Waals surface area contributed by atoms with E-state index in [1.54, 1.807) is 31.2 Å². The SMILES string of the molecule is CCOC(=O)C(CO)NCc1c(OCc2cccc(C#N)c2)cc(OCc2cccc(-c3ccccc3)c2C)c2nonc12. The van der Waals surface area contributed by atoms with Crippen LogP contribution in [0.25, 0.3) is 22.2 Å². The summed E-state index contributed by atoms with van der Waals surface area (Å²) in [4.78, 5) is 12.3. The van der Waals surface area contributed by atoms with Crippen molar-refractivity contribution in [2.24, 2.45) is 0 Å². The molecule has 0 amide bonds. The van der Waals surface area contributed by atoms with Crippen molar-refractivity contribution in [2.75, 3.05) is 13.2 Å². The summed E-state index contributed by atoms with van der Waals surface area (Å²) in [6.45, 7) is 3.98. The van der Waals surface area contributed by atoms with Gasteiger partial charge in [-0.05, 0) is 64.1 Å². The lowest BCUT2D eigenvalue weighted by molar-refractivity contribution is -0.146. The molecule has 1 unspecified atom stereocenters. The van der Waals surface area contributed by atoms with E-state index in [1.165, 1.54) is 0 Å². The number of rotatable bonds is 13. The van der Waals surface area contributed by atoms with Gasteiger partial charge < -0.3 is 19.3 Å². The number of aromatic nitrogens is 2. The molecule has 0 fully saturated rings. The van der Waals surface area contributed by atoms with E-state index in [4.69, 9.17) is 18.8 Å². The molecule has 10 nitrogen and oxygen atoms in total. The summed E-state index contributed by atoms with van der Waals surface area (Å²) in [6, 6.07) is 26.3. The first-order chi connectivity index (χ1) is 21.5. The van der Waals surface area contributed by atoms with Crippen LogP contribution >= 0.6 is 0 Å². The predicted molar refractivity (Wildman–Crippen MR) is 163 cm³/mol. The third kappa shape index (κ3) is 6.86. The lowest BCUT2D eigenvalue weighted by Crippen LogP contribution is -2.40. The van der Waals surface area contributed by atoms with Gasteiger partial charge in [-0.1, -0.05) is 60.7 Å². The van der Waals surface area contributed by atoms with Crippen LogP contribution in [0.5, 0.6) is 11.5 Å². The van der Waals surface area contributed by atoms with Crippen LogP contribution in [0.3, 0.4) is 0 Å². The number of aliphatic hydroxyl groups is 1. The summed E-state index contributed by atoms with van der Waals surface area (Å²) in [7, 11) is 0. The van der Waals surface area contributed by atoms with E-state index < -0.39 is 18.6 Å². The molecule has 0 bridgehead atoms. The number of hydrogen-bond donors (Lipinski definition) is 2. The number of carbonyl (C=O) groups excluding carboxylic acids is 1. The number of ether oxygens (including phenoxy) is 3. The predicted octanol–water partition coefficient (Wildman–Crippen LogP) is 5.24. The van der Waals surface area contributed by atoms with Gasteiger partial charge in [0.25, 0.3) is 0 Å². The number of hydrogen-bond acceptors (Lipinski definition) is 10. The van der Waals surface area contributed by atoms with Gasteiger partial charge in [-0.2, -0.15) is 5.26 Å². The molecular formula is C34H32N4O6. The number of nitrogens with one attached hydrogen (secondary N) is 1. The Hall–Kier alpha value is -5.24. The summed E-state index contributed by atoms with van der Waals surface area (Å²) >= 11 is 0. The van der Waals surface area contributed by atoms with Crippen LogP contribution in [0.2, 0.25) is 0 Å². The average Bonchev–Trinajstić information content (AvgIpc) is 3.55. The molecule has 0 radical (unpaired) electrons. The molecule has 0 saturated carbocycles. The standard InChI is InChI=1S/C34H32N4O6/c1-3-41-34(40)29(19-39)36-18-28-30(42-20-24-10-7-9-23(15-24)17-35)16-31(33-32(28)37-44-38-33)43-21-26-13-8-14-27(22(26)2)25-11-5-4-6-12-25/h4-16,29,36,39H,3,18-21H2,1-2H3. The molecule has 0 spiro atoms. The molecule has 0 saturated heterocycles. The number of benzene rings is 4. The molecule has 2 N–H and O–H groups in total. The van der Waals surface area contributed by atoms with Crippen molar-refractivity contribution in [3.63, 3.8) is 0 Å². The number of fused-ring (bicyclic) bond motifs is 1. The molecule has 5 rings (SSSR count). The van der Waals surface area contributed by atoms with Crippen molar-refractivity contribution in [1.29, 1.82) is 5.26 Å². The fourth-order valence-electron chi connectivity index (χ4n) is 4.86. The highest BCUT2D eigenvalue weighted by atomic mass is 16.6. The highest BCUT2D eigenvalue weighted by molar-refractivity contribution is 5.86. The highest BCUT2D eigenvalue weighted by Crippen LogP contribution is 2.36. The Morgan fingerprint density at radius 2 is 1.75 bits per heavy atom. The van der Waals surface area contributed by atoms with E-state index in [1.807, 2.05) is 36.4 Å². The Morgan fingerprint density at radius 1 is 0.977 bits per heavy atom.